The Morgan fingerprint density at radius 1 is 1.18 bits per heavy atom. The van der Waals surface area contributed by atoms with Gasteiger partial charge in [-0.1, -0.05) is 6.07 Å². The van der Waals surface area contributed by atoms with E-state index in [1.807, 2.05) is 30.3 Å². The summed E-state index contributed by atoms with van der Waals surface area (Å²) >= 11 is 0. The summed E-state index contributed by atoms with van der Waals surface area (Å²) in [6.07, 6.45) is 1.71. The van der Waals surface area contributed by atoms with Gasteiger partial charge in [0.15, 0.2) is 0 Å². The maximum atomic E-state index is 11.0. The van der Waals surface area contributed by atoms with Crippen LogP contribution in [0.25, 0.3) is 10.9 Å². The second-order valence-corrected chi connectivity index (χ2v) is 4.75. The predicted molar refractivity (Wildman–Crippen MR) is 85.0 cm³/mol. The van der Waals surface area contributed by atoms with Crippen LogP contribution in [-0.2, 0) is 0 Å². The minimum atomic E-state index is -0.954. The van der Waals surface area contributed by atoms with Gasteiger partial charge in [-0.25, -0.2) is 4.79 Å². The summed E-state index contributed by atoms with van der Waals surface area (Å²) in [6, 6.07) is 14.1. The van der Waals surface area contributed by atoms with Crippen molar-refractivity contribution in [1.82, 2.24) is 4.98 Å². The van der Waals surface area contributed by atoms with Crippen LogP contribution in [-0.4, -0.2) is 23.2 Å². The van der Waals surface area contributed by atoms with E-state index in [-0.39, 0.29) is 5.56 Å². The molecule has 3 rings (SSSR count). The number of rotatable bonds is 4. The molecule has 0 unspecified atom stereocenters. The van der Waals surface area contributed by atoms with E-state index in [1.165, 1.54) is 0 Å². The lowest BCUT2D eigenvalue weighted by atomic mass is 10.1. The molecule has 0 aliphatic carbocycles. The molecule has 2 aromatic carbocycles. The highest BCUT2D eigenvalue weighted by molar-refractivity contribution is 5.94. The van der Waals surface area contributed by atoms with Crippen LogP contribution in [0.15, 0.2) is 54.7 Å². The molecule has 3 aromatic rings. The fraction of sp³-hybridized carbons (Fsp3) is 0.0588. The van der Waals surface area contributed by atoms with Crippen molar-refractivity contribution >= 4 is 28.2 Å². The molecule has 5 nitrogen and oxygen atoms in total. The quantitative estimate of drug-likeness (QED) is 0.768. The van der Waals surface area contributed by atoms with Crippen LogP contribution < -0.4 is 10.1 Å². The van der Waals surface area contributed by atoms with Crippen molar-refractivity contribution in [3.63, 3.8) is 0 Å². The molecule has 0 spiro atoms. The van der Waals surface area contributed by atoms with Gasteiger partial charge in [0.25, 0.3) is 0 Å². The summed E-state index contributed by atoms with van der Waals surface area (Å²) in [5, 5.41) is 13.2. The van der Waals surface area contributed by atoms with Gasteiger partial charge in [0.1, 0.15) is 5.75 Å². The number of ether oxygens (including phenoxy) is 1. The number of carbonyl (C=O) groups is 1. The fourth-order valence-electron chi connectivity index (χ4n) is 2.25. The normalized spacial score (nSPS) is 10.4. The first-order valence-corrected chi connectivity index (χ1v) is 6.70. The molecule has 2 N–H and O–H groups in total. The first kappa shape index (κ1) is 13.9. The third-order valence-electron chi connectivity index (χ3n) is 3.34. The molecule has 0 amide bonds. The first-order chi connectivity index (χ1) is 10.7. The van der Waals surface area contributed by atoms with Gasteiger partial charge < -0.3 is 15.2 Å². The molecule has 0 radical (unpaired) electrons. The minimum absolute atomic E-state index is 0.237. The zero-order valence-electron chi connectivity index (χ0n) is 11.9. The molecule has 0 bridgehead atoms. The van der Waals surface area contributed by atoms with Gasteiger partial charge in [0.2, 0.25) is 0 Å². The molecule has 0 fully saturated rings. The number of methoxy groups -OCH3 is 1. The topological polar surface area (TPSA) is 71.5 Å². The van der Waals surface area contributed by atoms with Crippen molar-refractivity contribution in [2.75, 3.05) is 12.4 Å². The Morgan fingerprint density at radius 3 is 2.82 bits per heavy atom. The van der Waals surface area contributed by atoms with E-state index in [0.717, 1.165) is 22.3 Å². The summed E-state index contributed by atoms with van der Waals surface area (Å²) in [6.45, 7) is 0. The fourth-order valence-corrected chi connectivity index (χ4v) is 2.25. The summed E-state index contributed by atoms with van der Waals surface area (Å²) in [5.74, 6) is -0.215. The van der Waals surface area contributed by atoms with Gasteiger partial charge in [-0.2, -0.15) is 0 Å². The summed E-state index contributed by atoms with van der Waals surface area (Å²) in [5.41, 5.74) is 2.61. The number of nitrogens with one attached hydrogen (secondary N) is 1. The number of carboxylic acids is 1. The molecule has 0 aliphatic heterocycles. The van der Waals surface area contributed by atoms with E-state index >= 15 is 0 Å². The van der Waals surface area contributed by atoms with Gasteiger partial charge in [-0.15, -0.1) is 0 Å². The van der Waals surface area contributed by atoms with Crippen molar-refractivity contribution in [2.24, 2.45) is 0 Å². The zero-order chi connectivity index (χ0) is 15.5. The van der Waals surface area contributed by atoms with Gasteiger partial charge in [0.05, 0.1) is 18.2 Å². The van der Waals surface area contributed by atoms with E-state index in [0.29, 0.717) is 5.69 Å². The SMILES string of the molecule is COc1ccc2nccc(Nc3cccc(C(=O)O)c3)c2c1. The highest BCUT2D eigenvalue weighted by Gasteiger charge is 2.06. The minimum Gasteiger partial charge on any atom is -0.497 e. The van der Waals surface area contributed by atoms with E-state index < -0.39 is 5.97 Å². The number of aromatic carboxylic acids is 1. The number of hydrogen-bond acceptors (Lipinski definition) is 4. The molecule has 0 aliphatic rings. The number of nitrogens with zero attached hydrogens (tertiary/aromatic N) is 1. The Bertz CT molecular complexity index is 846. The molecular formula is C17H14N2O3. The highest BCUT2D eigenvalue weighted by Crippen LogP contribution is 2.28. The largest absolute Gasteiger partial charge is 0.497 e. The highest BCUT2D eigenvalue weighted by atomic mass is 16.5. The van der Waals surface area contributed by atoms with Crippen LogP contribution in [0, 0.1) is 0 Å². The number of carboxylic acid groups (broad SMARTS) is 1. The molecule has 0 saturated carbocycles. The van der Waals surface area contributed by atoms with E-state index in [4.69, 9.17) is 9.84 Å². The molecule has 0 saturated heterocycles. The molecule has 0 atom stereocenters. The molecular weight excluding hydrogens is 280 g/mol. The Labute approximate surface area is 127 Å². The van der Waals surface area contributed by atoms with Gasteiger partial charge in [-0.05, 0) is 42.5 Å². The summed E-state index contributed by atoms with van der Waals surface area (Å²) in [7, 11) is 1.61. The number of hydrogen-bond donors (Lipinski definition) is 2. The van der Waals surface area contributed by atoms with Crippen LogP contribution in [0.4, 0.5) is 11.4 Å². The maximum absolute atomic E-state index is 11.0. The smallest absolute Gasteiger partial charge is 0.335 e. The van der Waals surface area contributed by atoms with Crippen molar-refractivity contribution in [1.29, 1.82) is 0 Å². The van der Waals surface area contributed by atoms with E-state index in [2.05, 4.69) is 10.3 Å². The molecule has 1 aromatic heterocycles. The zero-order valence-corrected chi connectivity index (χ0v) is 11.9. The molecule has 1 heterocycles. The second kappa shape index (κ2) is 5.73. The molecule has 5 heteroatoms. The van der Waals surface area contributed by atoms with Crippen LogP contribution in [0.2, 0.25) is 0 Å². The number of aromatic nitrogens is 1. The Morgan fingerprint density at radius 2 is 2.05 bits per heavy atom. The predicted octanol–water partition coefficient (Wildman–Crippen LogP) is 3.69. The van der Waals surface area contributed by atoms with Crippen LogP contribution >= 0.6 is 0 Å². The Kier molecular flexibility index (Phi) is 3.62. The van der Waals surface area contributed by atoms with Gasteiger partial charge >= 0.3 is 5.97 Å². The van der Waals surface area contributed by atoms with Crippen molar-refractivity contribution < 1.29 is 14.6 Å². The third-order valence-corrected chi connectivity index (χ3v) is 3.34. The number of fused-ring (bicyclic) bond motifs is 1. The van der Waals surface area contributed by atoms with Crippen LogP contribution in [0.5, 0.6) is 5.75 Å². The van der Waals surface area contributed by atoms with Crippen LogP contribution in [0.1, 0.15) is 10.4 Å². The maximum Gasteiger partial charge on any atom is 0.335 e. The van der Waals surface area contributed by atoms with Crippen molar-refractivity contribution in [3.8, 4) is 5.75 Å². The Hall–Kier alpha value is -3.08. The lowest BCUT2D eigenvalue weighted by Crippen LogP contribution is -1.98. The van der Waals surface area contributed by atoms with Gasteiger partial charge in [0, 0.05) is 23.0 Å². The third kappa shape index (κ3) is 2.69. The van der Waals surface area contributed by atoms with Crippen molar-refractivity contribution in [3.05, 3.63) is 60.3 Å². The first-order valence-electron chi connectivity index (χ1n) is 6.70. The Balaban J connectivity index is 2.03. The van der Waals surface area contributed by atoms with E-state index in [9.17, 15) is 4.79 Å². The van der Waals surface area contributed by atoms with Gasteiger partial charge in [-0.3, -0.25) is 4.98 Å². The summed E-state index contributed by atoms with van der Waals surface area (Å²) < 4.78 is 5.24. The summed E-state index contributed by atoms with van der Waals surface area (Å²) in [4.78, 5) is 15.4. The second-order valence-electron chi connectivity index (χ2n) is 4.75. The standard InChI is InChI=1S/C17H14N2O3/c1-22-13-5-6-15-14(10-13)16(7-8-18-15)19-12-4-2-3-11(9-12)17(20)21/h2-10H,1H3,(H,18,19)(H,20,21). The molecule has 22 heavy (non-hydrogen) atoms. The average Bonchev–Trinajstić information content (AvgIpc) is 2.55. The molecule has 110 valence electrons. The number of benzene rings is 2. The lowest BCUT2D eigenvalue weighted by molar-refractivity contribution is 0.0697. The van der Waals surface area contributed by atoms with E-state index in [1.54, 1.807) is 31.5 Å². The monoisotopic (exact) mass is 294 g/mol. The average molecular weight is 294 g/mol. The van der Waals surface area contributed by atoms with Crippen molar-refractivity contribution in [2.45, 2.75) is 0 Å². The number of anilines is 2. The van der Waals surface area contributed by atoms with Crippen LogP contribution in [0.3, 0.4) is 0 Å². The number of pyridine rings is 1. The lowest BCUT2D eigenvalue weighted by Gasteiger charge is -2.11.